The standard InChI is InChI=1S/C8H6N2OS.ClH/c9-8(11)7-3-5-4-10-2-1-6(5)12-7;/h1-4H,(H2,9,11);1H. The first-order valence-electron chi connectivity index (χ1n) is 3.41. The summed E-state index contributed by atoms with van der Waals surface area (Å²) in [4.78, 5) is 15.3. The second kappa shape index (κ2) is 3.72. The molecule has 1 amide bonds. The Morgan fingerprint density at radius 3 is 2.92 bits per heavy atom. The van der Waals surface area contributed by atoms with Crippen molar-refractivity contribution in [2.75, 3.05) is 0 Å². The fourth-order valence-electron chi connectivity index (χ4n) is 1.01. The predicted molar refractivity (Wildman–Crippen MR) is 55.4 cm³/mol. The largest absolute Gasteiger partial charge is 0.365 e. The van der Waals surface area contributed by atoms with E-state index in [-0.39, 0.29) is 18.3 Å². The molecule has 0 fully saturated rings. The third-order valence-electron chi connectivity index (χ3n) is 1.56. The Kier molecular flexibility index (Phi) is 2.85. The van der Waals surface area contributed by atoms with E-state index in [4.69, 9.17) is 5.73 Å². The molecule has 0 bridgehead atoms. The van der Waals surface area contributed by atoms with E-state index >= 15 is 0 Å². The fraction of sp³-hybridized carbons (Fsp3) is 0. The van der Waals surface area contributed by atoms with E-state index in [9.17, 15) is 4.79 Å². The molecule has 0 saturated heterocycles. The van der Waals surface area contributed by atoms with Crippen LogP contribution in [0.2, 0.25) is 0 Å². The lowest BCUT2D eigenvalue weighted by Crippen LogP contribution is -2.07. The number of thiophene rings is 1. The summed E-state index contributed by atoms with van der Waals surface area (Å²) in [5, 5.41) is 0.969. The third kappa shape index (κ3) is 1.79. The average molecular weight is 215 g/mol. The number of nitrogens with zero attached hydrogens (tertiary/aromatic N) is 1. The van der Waals surface area contributed by atoms with Crippen molar-refractivity contribution < 1.29 is 4.79 Å². The van der Waals surface area contributed by atoms with Gasteiger partial charge in [0.25, 0.3) is 5.91 Å². The molecule has 2 N–H and O–H groups in total. The van der Waals surface area contributed by atoms with Gasteiger partial charge in [-0.2, -0.15) is 0 Å². The minimum Gasteiger partial charge on any atom is -0.365 e. The average Bonchev–Trinajstić information content (AvgIpc) is 2.46. The second-order valence-electron chi connectivity index (χ2n) is 2.39. The molecule has 2 rings (SSSR count). The predicted octanol–water partition coefficient (Wildman–Crippen LogP) is 1.82. The Bertz CT molecular complexity index is 407. The lowest BCUT2D eigenvalue weighted by atomic mass is 10.3. The van der Waals surface area contributed by atoms with Crippen molar-refractivity contribution in [3.8, 4) is 0 Å². The Hall–Kier alpha value is -1.13. The van der Waals surface area contributed by atoms with Crippen molar-refractivity contribution in [1.29, 1.82) is 0 Å². The Balaban J connectivity index is 0.000000845. The molecule has 0 aliphatic heterocycles. The topological polar surface area (TPSA) is 56.0 Å². The van der Waals surface area contributed by atoms with Crippen LogP contribution in [0, 0.1) is 0 Å². The molecule has 0 aromatic carbocycles. The molecular formula is C8H7ClN2OS. The molecule has 2 aromatic heterocycles. The summed E-state index contributed by atoms with van der Waals surface area (Å²) in [6.07, 6.45) is 3.42. The molecule has 0 spiro atoms. The van der Waals surface area contributed by atoms with Crippen LogP contribution in [-0.4, -0.2) is 10.9 Å². The van der Waals surface area contributed by atoms with Crippen molar-refractivity contribution in [2.45, 2.75) is 0 Å². The van der Waals surface area contributed by atoms with Crippen molar-refractivity contribution in [3.63, 3.8) is 0 Å². The second-order valence-corrected chi connectivity index (χ2v) is 3.47. The van der Waals surface area contributed by atoms with Gasteiger partial charge in [-0.15, -0.1) is 23.7 Å². The highest BCUT2D eigenvalue weighted by Gasteiger charge is 2.04. The first-order chi connectivity index (χ1) is 5.77. The van der Waals surface area contributed by atoms with Gasteiger partial charge in [0.1, 0.15) is 0 Å². The smallest absolute Gasteiger partial charge is 0.258 e. The van der Waals surface area contributed by atoms with Gasteiger partial charge in [-0.1, -0.05) is 0 Å². The van der Waals surface area contributed by atoms with Gasteiger partial charge in [-0.05, 0) is 12.1 Å². The van der Waals surface area contributed by atoms with E-state index in [1.165, 1.54) is 11.3 Å². The normalized spacial score (nSPS) is 9.54. The minimum absolute atomic E-state index is 0. The van der Waals surface area contributed by atoms with Crippen LogP contribution in [0.25, 0.3) is 10.1 Å². The quantitative estimate of drug-likeness (QED) is 0.787. The molecule has 68 valence electrons. The number of halogens is 1. The molecule has 2 aromatic rings. The summed E-state index contributed by atoms with van der Waals surface area (Å²) >= 11 is 1.39. The Morgan fingerprint density at radius 1 is 1.54 bits per heavy atom. The molecule has 0 saturated carbocycles. The summed E-state index contributed by atoms with van der Waals surface area (Å²) in [7, 11) is 0. The van der Waals surface area contributed by atoms with Gasteiger partial charge in [-0.25, -0.2) is 0 Å². The van der Waals surface area contributed by atoms with E-state index in [1.54, 1.807) is 18.5 Å². The number of fused-ring (bicyclic) bond motifs is 1. The lowest BCUT2D eigenvalue weighted by molar-refractivity contribution is 0.100. The zero-order valence-electron chi connectivity index (χ0n) is 6.56. The van der Waals surface area contributed by atoms with Crippen LogP contribution in [0.5, 0.6) is 0 Å². The van der Waals surface area contributed by atoms with Crippen molar-refractivity contribution in [2.24, 2.45) is 5.73 Å². The van der Waals surface area contributed by atoms with Gasteiger partial charge in [0.2, 0.25) is 0 Å². The van der Waals surface area contributed by atoms with Crippen LogP contribution in [0.1, 0.15) is 9.67 Å². The molecule has 13 heavy (non-hydrogen) atoms. The number of hydrogen-bond acceptors (Lipinski definition) is 3. The van der Waals surface area contributed by atoms with Gasteiger partial charge in [0, 0.05) is 22.5 Å². The van der Waals surface area contributed by atoms with Gasteiger partial charge in [-0.3, -0.25) is 9.78 Å². The number of rotatable bonds is 1. The molecule has 0 unspecified atom stereocenters. The number of carbonyl (C=O) groups excluding carboxylic acids is 1. The van der Waals surface area contributed by atoms with Crippen LogP contribution >= 0.6 is 23.7 Å². The summed E-state index contributed by atoms with van der Waals surface area (Å²) in [6.45, 7) is 0. The highest BCUT2D eigenvalue weighted by Crippen LogP contribution is 2.23. The summed E-state index contributed by atoms with van der Waals surface area (Å²) in [5.74, 6) is -0.379. The van der Waals surface area contributed by atoms with Crippen LogP contribution in [-0.2, 0) is 0 Å². The van der Waals surface area contributed by atoms with Crippen molar-refractivity contribution in [1.82, 2.24) is 4.98 Å². The lowest BCUT2D eigenvalue weighted by Gasteiger charge is -1.81. The number of primary amides is 1. The van der Waals surface area contributed by atoms with Crippen LogP contribution in [0.15, 0.2) is 24.5 Å². The zero-order chi connectivity index (χ0) is 8.55. The maximum absolute atomic E-state index is 10.8. The van der Waals surface area contributed by atoms with E-state index < -0.39 is 0 Å². The third-order valence-corrected chi connectivity index (χ3v) is 2.69. The van der Waals surface area contributed by atoms with E-state index in [1.807, 2.05) is 6.07 Å². The molecule has 0 radical (unpaired) electrons. The number of hydrogen-bond donors (Lipinski definition) is 1. The summed E-state index contributed by atoms with van der Waals surface area (Å²) < 4.78 is 1.04. The fourth-order valence-corrected chi connectivity index (χ4v) is 1.89. The van der Waals surface area contributed by atoms with Crippen molar-refractivity contribution in [3.05, 3.63) is 29.4 Å². The molecule has 3 nitrogen and oxygen atoms in total. The van der Waals surface area contributed by atoms with Gasteiger partial charge in [0.05, 0.1) is 4.88 Å². The van der Waals surface area contributed by atoms with E-state index in [0.29, 0.717) is 4.88 Å². The molecule has 0 aliphatic carbocycles. The summed E-state index contributed by atoms with van der Waals surface area (Å²) in [6, 6.07) is 3.63. The molecule has 5 heteroatoms. The number of carbonyl (C=O) groups is 1. The maximum Gasteiger partial charge on any atom is 0.258 e. The minimum atomic E-state index is -0.379. The highest BCUT2D eigenvalue weighted by molar-refractivity contribution is 7.20. The number of nitrogens with two attached hydrogens (primary N) is 1. The SMILES string of the molecule is Cl.NC(=O)c1cc2cnccc2s1. The highest BCUT2D eigenvalue weighted by atomic mass is 35.5. The molecular weight excluding hydrogens is 208 g/mol. The molecule has 2 heterocycles. The molecule has 0 atom stereocenters. The first kappa shape index (κ1) is 9.95. The van der Waals surface area contributed by atoms with Crippen LogP contribution < -0.4 is 5.73 Å². The summed E-state index contributed by atoms with van der Waals surface area (Å²) in [5.41, 5.74) is 5.13. The van der Waals surface area contributed by atoms with Gasteiger partial charge in [0.15, 0.2) is 0 Å². The Labute approximate surface area is 85.0 Å². The van der Waals surface area contributed by atoms with E-state index in [2.05, 4.69) is 4.98 Å². The number of pyridine rings is 1. The van der Waals surface area contributed by atoms with Gasteiger partial charge < -0.3 is 5.73 Å². The Morgan fingerprint density at radius 2 is 2.31 bits per heavy atom. The van der Waals surface area contributed by atoms with Crippen molar-refractivity contribution >= 4 is 39.7 Å². The van der Waals surface area contributed by atoms with Crippen LogP contribution in [0.4, 0.5) is 0 Å². The monoisotopic (exact) mass is 214 g/mol. The van der Waals surface area contributed by atoms with E-state index in [0.717, 1.165) is 10.1 Å². The zero-order valence-corrected chi connectivity index (χ0v) is 8.19. The number of aromatic nitrogens is 1. The molecule has 0 aliphatic rings. The maximum atomic E-state index is 10.8. The van der Waals surface area contributed by atoms with Crippen LogP contribution in [0.3, 0.4) is 0 Å². The first-order valence-corrected chi connectivity index (χ1v) is 4.22. The van der Waals surface area contributed by atoms with Gasteiger partial charge >= 0.3 is 0 Å². The number of amides is 1.